The molecule has 2 aromatic rings. The quantitative estimate of drug-likeness (QED) is 0.844. The second-order valence-electron chi connectivity index (χ2n) is 8.01. The van der Waals surface area contributed by atoms with E-state index in [1.165, 1.54) is 0 Å². The maximum absolute atomic E-state index is 11.4. The van der Waals surface area contributed by atoms with Crippen LogP contribution in [0.1, 0.15) is 51.5 Å². The van der Waals surface area contributed by atoms with Crippen molar-refractivity contribution in [3.05, 3.63) is 24.2 Å². The average molecular weight is 384 g/mol. The van der Waals surface area contributed by atoms with E-state index in [0.29, 0.717) is 17.8 Å². The van der Waals surface area contributed by atoms with Crippen LogP contribution in [0.25, 0.3) is 11.4 Å². The third-order valence-electron chi connectivity index (χ3n) is 5.91. The smallest absolute Gasteiger partial charge is 0.244 e. The highest BCUT2D eigenvalue weighted by Gasteiger charge is 2.32. The molecule has 0 aliphatic carbocycles. The molecule has 0 unspecified atom stereocenters. The minimum Gasteiger partial charge on any atom is -0.369 e. The average Bonchev–Trinajstić information content (AvgIpc) is 3.37. The summed E-state index contributed by atoms with van der Waals surface area (Å²) in [6, 6.07) is 4.56. The molecular weight excluding hydrogens is 356 g/mol. The number of hydrogen-bond donors (Lipinski definition) is 1. The number of nitrogens with two attached hydrogens (primary N) is 1. The molecule has 150 valence electrons. The van der Waals surface area contributed by atoms with Crippen molar-refractivity contribution in [3.8, 4) is 11.4 Å². The van der Waals surface area contributed by atoms with Gasteiger partial charge in [0.15, 0.2) is 0 Å². The highest BCUT2D eigenvalue weighted by Crippen LogP contribution is 2.33. The Kier molecular flexibility index (Phi) is 5.30. The van der Waals surface area contributed by atoms with Crippen LogP contribution in [0.15, 0.2) is 22.9 Å². The topological polar surface area (TPSA) is 101 Å². The van der Waals surface area contributed by atoms with Crippen molar-refractivity contribution in [3.63, 3.8) is 0 Å². The molecule has 0 spiro atoms. The maximum Gasteiger partial charge on any atom is 0.244 e. The lowest BCUT2D eigenvalue weighted by Gasteiger charge is -2.31. The number of anilines is 1. The number of carbonyl (C=O) groups excluding carboxylic acids is 1. The molecule has 2 saturated heterocycles. The fourth-order valence-corrected chi connectivity index (χ4v) is 4.28. The normalized spacial score (nSPS) is 21.5. The van der Waals surface area contributed by atoms with Gasteiger partial charge >= 0.3 is 0 Å². The SMILES string of the molecule is CC(C)N1CCC[C@H]1c1nc(-c2ccnc(N3CCC(C(N)=O)CC3)c2)no1. The lowest BCUT2D eigenvalue weighted by atomic mass is 9.96. The lowest BCUT2D eigenvalue weighted by molar-refractivity contribution is -0.122. The summed E-state index contributed by atoms with van der Waals surface area (Å²) in [4.78, 5) is 25.2. The van der Waals surface area contributed by atoms with Gasteiger partial charge in [-0.1, -0.05) is 5.16 Å². The van der Waals surface area contributed by atoms with E-state index in [0.717, 1.165) is 56.7 Å². The van der Waals surface area contributed by atoms with Crippen LogP contribution in [-0.4, -0.2) is 51.6 Å². The Morgan fingerprint density at radius 1 is 1.25 bits per heavy atom. The highest BCUT2D eigenvalue weighted by atomic mass is 16.5. The molecule has 2 N–H and O–H groups in total. The fourth-order valence-electron chi connectivity index (χ4n) is 4.28. The summed E-state index contributed by atoms with van der Waals surface area (Å²) >= 11 is 0. The van der Waals surface area contributed by atoms with E-state index in [1.807, 2.05) is 12.1 Å². The van der Waals surface area contributed by atoms with E-state index in [2.05, 4.69) is 38.8 Å². The second kappa shape index (κ2) is 7.87. The molecule has 0 saturated carbocycles. The molecule has 8 nitrogen and oxygen atoms in total. The van der Waals surface area contributed by atoms with Crippen molar-refractivity contribution in [2.45, 2.75) is 51.6 Å². The second-order valence-corrected chi connectivity index (χ2v) is 8.01. The summed E-state index contributed by atoms with van der Waals surface area (Å²) < 4.78 is 5.62. The molecule has 2 aliphatic rings. The Morgan fingerprint density at radius 3 is 2.75 bits per heavy atom. The van der Waals surface area contributed by atoms with Crippen molar-refractivity contribution in [2.24, 2.45) is 11.7 Å². The zero-order valence-corrected chi connectivity index (χ0v) is 16.5. The summed E-state index contributed by atoms with van der Waals surface area (Å²) in [5.41, 5.74) is 6.32. The van der Waals surface area contributed by atoms with Crippen LogP contribution >= 0.6 is 0 Å². The number of carbonyl (C=O) groups is 1. The number of primary amides is 1. The number of pyridine rings is 1. The van der Waals surface area contributed by atoms with Crippen molar-refractivity contribution in [2.75, 3.05) is 24.5 Å². The van der Waals surface area contributed by atoms with Crippen LogP contribution in [0.2, 0.25) is 0 Å². The molecule has 0 bridgehead atoms. The number of amides is 1. The van der Waals surface area contributed by atoms with Crippen LogP contribution in [0, 0.1) is 5.92 Å². The molecule has 2 aromatic heterocycles. The number of hydrogen-bond acceptors (Lipinski definition) is 7. The van der Waals surface area contributed by atoms with Crippen LogP contribution in [0.4, 0.5) is 5.82 Å². The first-order chi connectivity index (χ1) is 13.5. The van der Waals surface area contributed by atoms with Crippen LogP contribution in [0.5, 0.6) is 0 Å². The number of aromatic nitrogens is 3. The van der Waals surface area contributed by atoms with Gasteiger partial charge in [0.05, 0.1) is 6.04 Å². The van der Waals surface area contributed by atoms with Crippen molar-refractivity contribution in [1.82, 2.24) is 20.0 Å². The highest BCUT2D eigenvalue weighted by molar-refractivity contribution is 5.77. The molecular formula is C20H28N6O2. The summed E-state index contributed by atoms with van der Waals surface area (Å²) in [5.74, 6) is 1.93. The van der Waals surface area contributed by atoms with Crippen LogP contribution in [0.3, 0.4) is 0 Å². The molecule has 4 heterocycles. The van der Waals surface area contributed by atoms with Crippen molar-refractivity contribution < 1.29 is 9.32 Å². The van der Waals surface area contributed by atoms with E-state index in [-0.39, 0.29) is 17.9 Å². The van der Waals surface area contributed by atoms with Gasteiger partial charge in [-0.3, -0.25) is 9.69 Å². The molecule has 2 aliphatic heterocycles. The predicted octanol–water partition coefficient (Wildman–Crippen LogP) is 2.38. The molecule has 2 fully saturated rings. The van der Waals surface area contributed by atoms with Gasteiger partial charge in [-0.15, -0.1) is 0 Å². The van der Waals surface area contributed by atoms with E-state index in [4.69, 9.17) is 10.3 Å². The van der Waals surface area contributed by atoms with Crippen molar-refractivity contribution in [1.29, 1.82) is 0 Å². The Balaban J connectivity index is 1.50. The van der Waals surface area contributed by atoms with Gasteiger partial charge in [-0.2, -0.15) is 4.98 Å². The van der Waals surface area contributed by atoms with E-state index in [9.17, 15) is 4.79 Å². The lowest BCUT2D eigenvalue weighted by Crippen LogP contribution is -2.38. The first kappa shape index (κ1) is 18.9. The Bertz CT molecular complexity index is 828. The van der Waals surface area contributed by atoms with E-state index in [1.54, 1.807) is 6.20 Å². The maximum atomic E-state index is 11.4. The van der Waals surface area contributed by atoms with Gasteiger partial charge < -0.3 is 15.2 Å². The van der Waals surface area contributed by atoms with E-state index >= 15 is 0 Å². The molecule has 8 heteroatoms. The number of nitrogens with zero attached hydrogens (tertiary/aromatic N) is 5. The summed E-state index contributed by atoms with van der Waals surface area (Å²) in [5, 5.41) is 4.23. The molecule has 1 atom stereocenters. The number of likely N-dealkylation sites (tertiary alicyclic amines) is 1. The zero-order valence-electron chi connectivity index (χ0n) is 16.5. The minimum atomic E-state index is -0.206. The Labute approximate surface area is 165 Å². The van der Waals surface area contributed by atoms with Gasteiger partial charge in [-0.25, -0.2) is 4.98 Å². The summed E-state index contributed by atoms with van der Waals surface area (Å²) in [6.45, 7) is 7.01. The fraction of sp³-hybridized carbons (Fsp3) is 0.600. The monoisotopic (exact) mass is 384 g/mol. The van der Waals surface area contributed by atoms with Gasteiger partial charge in [0.1, 0.15) is 5.82 Å². The molecule has 0 aromatic carbocycles. The largest absolute Gasteiger partial charge is 0.369 e. The van der Waals surface area contributed by atoms with E-state index < -0.39 is 0 Å². The summed E-state index contributed by atoms with van der Waals surface area (Å²) in [7, 11) is 0. The molecule has 1 amide bonds. The van der Waals surface area contributed by atoms with Crippen LogP contribution in [-0.2, 0) is 4.79 Å². The van der Waals surface area contributed by atoms with Gasteiger partial charge in [0, 0.05) is 36.8 Å². The Hall–Kier alpha value is -2.48. The minimum absolute atomic E-state index is 0.0329. The molecule has 0 radical (unpaired) electrons. The molecule has 4 rings (SSSR count). The summed E-state index contributed by atoms with van der Waals surface area (Å²) in [6.07, 6.45) is 5.51. The number of rotatable bonds is 5. The van der Waals surface area contributed by atoms with Gasteiger partial charge in [-0.05, 0) is 58.2 Å². The first-order valence-corrected chi connectivity index (χ1v) is 10.1. The molecule has 28 heavy (non-hydrogen) atoms. The third-order valence-corrected chi connectivity index (χ3v) is 5.91. The number of piperidine rings is 1. The zero-order chi connectivity index (χ0) is 19.7. The Morgan fingerprint density at radius 2 is 2.04 bits per heavy atom. The van der Waals surface area contributed by atoms with Crippen molar-refractivity contribution >= 4 is 11.7 Å². The van der Waals surface area contributed by atoms with Gasteiger partial charge in [0.2, 0.25) is 17.6 Å². The standard InChI is InChI=1S/C20H28N6O2/c1-13(2)26-9-3-4-16(26)20-23-19(24-28-20)15-5-8-22-17(12-15)25-10-6-14(7-11-25)18(21)27/h5,8,12-14,16H,3-4,6-7,9-11H2,1-2H3,(H2,21,27)/t16-/m0/s1. The predicted molar refractivity (Wildman–Crippen MR) is 105 cm³/mol. The van der Waals surface area contributed by atoms with Crippen LogP contribution < -0.4 is 10.6 Å². The third kappa shape index (κ3) is 3.73. The first-order valence-electron chi connectivity index (χ1n) is 10.1. The van der Waals surface area contributed by atoms with Gasteiger partial charge in [0.25, 0.3) is 0 Å².